The van der Waals surface area contributed by atoms with Crippen LogP contribution in [0, 0.1) is 6.92 Å². The molecule has 6 heteroatoms. The number of aromatic nitrogens is 2. The quantitative estimate of drug-likeness (QED) is 0.747. The maximum Gasteiger partial charge on any atom is 0.260 e. The Morgan fingerprint density at radius 2 is 1.96 bits per heavy atom. The van der Waals surface area contributed by atoms with Gasteiger partial charge in [0.25, 0.3) is 5.91 Å². The number of methoxy groups -OCH3 is 1. The van der Waals surface area contributed by atoms with Gasteiger partial charge in [-0.25, -0.2) is 4.68 Å². The Labute approximate surface area is 151 Å². The van der Waals surface area contributed by atoms with E-state index in [4.69, 9.17) is 16.3 Å². The molecule has 0 aliphatic carbocycles. The Morgan fingerprint density at radius 3 is 2.68 bits per heavy atom. The third kappa shape index (κ3) is 4.00. The molecule has 25 heavy (non-hydrogen) atoms. The van der Waals surface area contributed by atoms with Gasteiger partial charge in [-0.2, -0.15) is 5.10 Å². The van der Waals surface area contributed by atoms with E-state index < -0.39 is 0 Å². The third-order valence-corrected chi connectivity index (χ3v) is 3.96. The van der Waals surface area contributed by atoms with Crippen molar-refractivity contribution in [3.05, 3.63) is 76.4 Å². The molecule has 0 saturated heterocycles. The molecule has 3 aromatic rings. The Kier molecular flexibility index (Phi) is 5.05. The first-order valence-corrected chi connectivity index (χ1v) is 8.18. The summed E-state index contributed by atoms with van der Waals surface area (Å²) in [5, 5.41) is 7.82. The van der Waals surface area contributed by atoms with E-state index in [-0.39, 0.29) is 5.91 Å². The molecule has 0 aliphatic rings. The molecule has 0 bridgehead atoms. The summed E-state index contributed by atoms with van der Waals surface area (Å²) in [4.78, 5) is 12.7. The fourth-order valence-corrected chi connectivity index (χ4v) is 2.74. The van der Waals surface area contributed by atoms with Crippen molar-refractivity contribution in [3.8, 4) is 5.75 Å². The Morgan fingerprint density at radius 1 is 1.20 bits per heavy atom. The number of amides is 1. The van der Waals surface area contributed by atoms with Crippen molar-refractivity contribution in [2.45, 2.75) is 13.5 Å². The average molecular weight is 356 g/mol. The van der Waals surface area contributed by atoms with Gasteiger partial charge in [0.2, 0.25) is 0 Å². The highest BCUT2D eigenvalue weighted by atomic mass is 35.5. The number of hydrogen-bond donors (Lipinski definition) is 1. The van der Waals surface area contributed by atoms with Gasteiger partial charge in [0.1, 0.15) is 11.6 Å². The first-order chi connectivity index (χ1) is 12.1. The van der Waals surface area contributed by atoms with Crippen LogP contribution in [0.1, 0.15) is 21.6 Å². The van der Waals surface area contributed by atoms with Crippen molar-refractivity contribution in [1.29, 1.82) is 0 Å². The second-order valence-corrected chi connectivity index (χ2v) is 6.05. The van der Waals surface area contributed by atoms with E-state index >= 15 is 0 Å². The number of nitrogens with zero attached hydrogens (tertiary/aromatic N) is 2. The highest BCUT2D eigenvalue weighted by Crippen LogP contribution is 2.24. The molecule has 1 heterocycles. The minimum Gasteiger partial charge on any atom is -0.496 e. The van der Waals surface area contributed by atoms with E-state index in [0.29, 0.717) is 28.7 Å². The maximum absolute atomic E-state index is 12.7. The summed E-state index contributed by atoms with van der Waals surface area (Å²) in [7, 11) is 1.52. The van der Waals surface area contributed by atoms with Gasteiger partial charge in [0, 0.05) is 11.1 Å². The van der Waals surface area contributed by atoms with Crippen molar-refractivity contribution in [2.75, 3.05) is 12.4 Å². The molecule has 1 N–H and O–H groups in total. The van der Waals surface area contributed by atoms with Gasteiger partial charge in [-0.15, -0.1) is 0 Å². The van der Waals surface area contributed by atoms with Gasteiger partial charge >= 0.3 is 0 Å². The number of hydrogen-bond acceptors (Lipinski definition) is 3. The number of carbonyl (C=O) groups excluding carboxylic acids is 1. The number of halogens is 1. The predicted octanol–water partition coefficient (Wildman–Crippen LogP) is 4.15. The van der Waals surface area contributed by atoms with E-state index in [2.05, 4.69) is 10.4 Å². The number of rotatable bonds is 5. The van der Waals surface area contributed by atoms with Gasteiger partial charge in [-0.3, -0.25) is 4.79 Å². The van der Waals surface area contributed by atoms with Gasteiger partial charge in [0.15, 0.2) is 0 Å². The zero-order valence-electron chi connectivity index (χ0n) is 14.0. The molecular weight excluding hydrogens is 338 g/mol. The van der Waals surface area contributed by atoms with Gasteiger partial charge in [-0.05, 0) is 30.7 Å². The van der Waals surface area contributed by atoms with Crippen molar-refractivity contribution < 1.29 is 9.53 Å². The molecular formula is C19H18ClN3O2. The van der Waals surface area contributed by atoms with Crippen molar-refractivity contribution in [2.24, 2.45) is 0 Å². The minimum atomic E-state index is -0.298. The van der Waals surface area contributed by atoms with Gasteiger partial charge in [0.05, 0.1) is 24.9 Å². The lowest BCUT2D eigenvalue weighted by Gasteiger charge is -2.11. The zero-order chi connectivity index (χ0) is 17.8. The van der Waals surface area contributed by atoms with Crippen LogP contribution in [0.2, 0.25) is 5.02 Å². The second-order valence-electron chi connectivity index (χ2n) is 5.61. The number of aryl methyl sites for hydroxylation is 1. The van der Waals surface area contributed by atoms with Crippen LogP contribution in [-0.4, -0.2) is 22.8 Å². The van der Waals surface area contributed by atoms with Crippen molar-refractivity contribution in [1.82, 2.24) is 9.78 Å². The Bertz CT molecular complexity index is 891. The molecule has 5 nitrogen and oxygen atoms in total. The third-order valence-electron chi connectivity index (χ3n) is 3.73. The first kappa shape index (κ1) is 17.0. The van der Waals surface area contributed by atoms with Crippen LogP contribution >= 0.6 is 11.6 Å². The maximum atomic E-state index is 12.7. The summed E-state index contributed by atoms with van der Waals surface area (Å²) in [6, 6.07) is 16.7. The smallest absolute Gasteiger partial charge is 0.260 e. The average Bonchev–Trinajstić information content (AvgIpc) is 2.94. The zero-order valence-corrected chi connectivity index (χ0v) is 14.7. The summed E-state index contributed by atoms with van der Waals surface area (Å²) >= 11 is 6.01. The van der Waals surface area contributed by atoms with E-state index in [1.165, 1.54) is 7.11 Å². The molecule has 128 valence electrons. The molecule has 0 unspecified atom stereocenters. The lowest BCUT2D eigenvalue weighted by molar-refractivity contribution is 0.102. The molecule has 0 aliphatic heterocycles. The highest BCUT2D eigenvalue weighted by Gasteiger charge is 2.16. The molecule has 3 rings (SSSR count). The Hall–Kier alpha value is -2.79. The number of nitrogens with one attached hydrogen (secondary N) is 1. The molecule has 0 fully saturated rings. The summed E-state index contributed by atoms with van der Waals surface area (Å²) in [5.41, 5.74) is 2.30. The molecule has 0 radical (unpaired) electrons. The number of anilines is 1. The Balaban J connectivity index is 1.86. The number of carbonyl (C=O) groups is 1. The van der Waals surface area contributed by atoms with E-state index in [1.807, 2.05) is 43.3 Å². The van der Waals surface area contributed by atoms with Crippen LogP contribution in [0.5, 0.6) is 5.75 Å². The highest BCUT2D eigenvalue weighted by molar-refractivity contribution is 6.31. The minimum absolute atomic E-state index is 0.298. The topological polar surface area (TPSA) is 56.1 Å². The van der Waals surface area contributed by atoms with Crippen molar-refractivity contribution >= 4 is 23.3 Å². The summed E-state index contributed by atoms with van der Waals surface area (Å²) in [6.07, 6.45) is 0. The number of benzene rings is 2. The monoisotopic (exact) mass is 355 g/mol. The molecule has 0 atom stereocenters. The second kappa shape index (κ2) is 7.40. The predicted molar refractivity (Wildman–Crippen MR) is 98.5 cm³/mol. The van der Waals surface area contributed by atoms with Crippen LogP contribution < -0.4 is 10.1 Å². The lowest BCUT2D eigenvalue weighted by atomic mass is 10.2. The fraction of sp³-hybridized carbons (Fsp3) is 0.158. The van der Waals surface area contributed by atoms with E-state index in [0.717, 1.165) is 11.3 Å². The van der Waals surface area contributed by atoms with E-state index in [1.54, 1.807) is 22.9 Å². The van der Waals surface area contributed by atoms with Crippen LogP contribution in [-0.2, 0) is 6.54 Å². The van der Waals surface area contributed by atoms with Crippen LogP contribution in [0.3, 0.4) is 0 Å². The molecule has 0 saturated carbocycles. The van der Waals surface area contributed by atoms with E-state index in [9.17, 15) is 4.79 Å². The summed E-state index contributed by atoms with van der Waals surface area (Å²) in [5.74, 6) is 0.787. The molecule has 1 amide bonds. The molecule has 0 spiro atoms. The number of ether oxygens (including phenoxy) is 1. The van der Waals surface area contributed by atoms with Gasteiger partial charge < -0.3 is 10.1 Å². The normalized spacial score (nSPS) is 10.5. The van der Waals surface area contributed by atoms with Crippen LogP contribution in [0.25, 0.3) is 0 Å². The first-order valence-electron chi connectivity index (χ1n) is 7.80. The molecule has 1 aromatic heterocycles. The summed E-state index contributed by atoms with van der Waals surface area (Å²) < 4.78 is 7.01. The summed E-state index contributed by atoms with van der Waals surface area (Å²) in [6.45, 7) is 2.45. The molecule has 2 aromatic carbocycles. The van der Waals surface area contributed by atoms with Crippen LogP contribution in [0.15, 0.2) is 54.6 Å². The fourth-order valence-electron chi connectivity index (χ4n) is 2.56. The standard InChI is InChI=1S/C19H18ClN3O2/c1-13-10-18(23(22-13)12-14-6-4-3-5-7-14)21-19(24)16-11-15(20)8-9-17(16)25-2/h3-11H,12H2,1-2H3,(H,21,24). The SMILES string of the molecule is COc1ccc(Cl)cc1C(=O)Nc1cc(C)nn1Cc1ccccc1. The van der Waals surface area contributed by atoms with Crippen molar-refractivity contribution in [3.63, 3.8) is 0 Å². The van der Waals surface area contributed by atoms with Crippen LogP contribution in [0.4, 0.5) is 5.82 Å². The lowest BCUT2D eigenvalue weighted by Crippen LogP contribution is -2.17. The van der Waals surface area contributed by atoms with Gasteiger partial charge in [-0.1, -0.05) is 41.9 Å². The largest absolute Gasteiger partial charge is 0.496 e.